The molecule has 1 aromatic heterocycles. The number of aryl methyl sites for hydroxylation is 1. The number of hydrogen-bond acceptors (Lipinski definition) is 5. The monoisotopic (exact) mass is 372 g/mol. The number of thiophene rings is 1. The fraction of sp³-hybridized carbons (Fsp3) is 0.600. The summed E-state index contributed by atoms with van der Waals surface area (Å²) >= 11 is 1.73. The third kappa shape index (κ3) is 6.12. The number of guanidine groups is 1. The SMILES string of the molecule is CN=C(NCCC(=O)NC1CCS(=O)(=O)C1)NCc1ccc(C)s1. The van der Waals surface area contributed by atoms with Gasteiger partial charge in [0.2, 0.25) is 5.91 Å². The Morgan fingerprint density at radius 1 is 1.38 bits per heavy atom. The van der Waals surface area contributed by atoms with Crippen molar-refractivity contribution in [3.05, 3.63) is 21.9 Å². The van der Waals surface area contributed by atoms with E-state index in [0.29, 0.717) is 25.5 Å². The normalized spacial score (nSPS) is 19.9. The Bertz CT molecular complexity index is 697. The summed E-state index contributed by atoms with van der Waals surface area (Å²) in [5.41, 5.74) is 0. The van der Waals surface area contributed by atoms with Crippen molar-refractivity contribution in [3.8, 4) is 0 Å². The highest BCUT2D eigenvalue weighted by molar-refractivity contribution is 7.91. The highest BCUT2D eigenvalue weighted by Crippen LogP contribution is 2.14. The third-order valence-corrected chi connectivity index (χ3v) is 6.46. The maximum atomic E-state index is 11.9. The van der Waals surface area contributed by atoms with Gasteiger partial charge in [0.15, 0.2) is 15.8 Å². The lowest BCUT2D eigenvalue weighted by Gasteiger charge is -2.13. The van der Waals surface area contributed by atoms with Crippen LogP contribution in [0.3, 0.4) is 0 Å². The molecule has 7 nitrogen and oxygen atoms in total. The number of sulfone groups is 1. The van der Waals surface area contributed by atoms with Crippen molar-refractivity contribution in [1.82, 2.24) is 16.0 Å². The van der Waals surface area contributed by atoms with E-state index in [0.717, 1.165) is 0 Å². The molecule has 1 amide bonds. The molecule has 134 valence electrons. The molecule has 24 heavy (non-hydrogen) atoms. The molecule has 1 aliphatic rings. The van der Waals surface area contributed by atoms with Gasteiger partial charge in [0, 0.05) is 35.8 Å². The van der Waals surface area contributed by atoms with E-state index in [1.807, 2.05) is 0 Å². The molecule has 1 unspecified atom stereocenters. The maximum Gasteiger partial charge on any atom is 0.222 e. The summed E-state index contributed by atoms with van der Waals surface area (Å²) in [6.45, 7) is 3.19. The molecular formula is C15H24N4O3S2. The average molecular weight is 373 g/mol. The van der Waals surface area contributed by atoms with Crippen LogP contribution in [0.1, 0.15) is 22.6 Å². The molecule has 9 heteroatoms. The van der Waals surface area contributed by atoms with Gasteiger partial charge >= 0.3 is 0 Å². The fourth-order valence-electron chi connectivity index (χ4n) is 2.47. The van der Waals surface area contributed by atoms with E-state index in [1.54, 1.807) is 18.4 Å². The number of amides is 1. The summed E-state index contributed by atoms with van der Waals surface area (Å²) in [6, 6.07) is 3.90. The molecule has 1 atom stereocenters. The highest BCUT2D eigenvalue weighted by atomic mass is 32.2. The number of nitrogens with zero attached hydrogens (tertiary/aromatic N) is 1. The molecule has 0 aliphatic carbocycles. The van der Waals surface area contributed by atoms with Crippen LogP contribution in [0.25, 0.3) is 0 Å². The maximum absolute atomic E-state index is 11.9. The first-order valence-corrected chi connectivity index (χ1v) is 10.5. The van der Waals surface area contributed by atoms with E-state index in [-0.39, 0.29) is 29.9 Å². The lowest BCUT2D eigenvalue weighted by Crippen LogP contribution is -2.40. The topological polar surface area (TPSA) is 99.7 Å². The first-order valence-electron chi connectivity index (χ1n) is 7.87. The fourth-order valence-corrected chi connectivity index (χ4v) is 4.98. The molecule has 0 spiro atoms. The van der Waals surface area contributed by atoms with Crippen LogP contribution in [-0.2, 0) is 21.2 Å². The van der Waals surface area contributed by atoms with Gasteiger partial charge in [-0.15, -0.1) is 11.3 Å². The van der Waals surface area contributed by atoms with E-state index >= 15 is 0 Å². The van der Waals surface area contributed by atoms with Gasteiger partial charge in [0.1, 0.15) is 0 Å². The lowest BCUT2D eigenvalue weighted by atomic mass is 10.2. The molecular weight excluding hydrogens is 348 g/mol. The smallest absolute Gasteiger partial charge is 0.222 e. The van der Waals surface area contributed by atoms with E-state index < -0.39 is 9.84 Å². The molecule has 0 aromatic carbocycles. The number of carbonyl (C=O) groups is 1. The lowest BCUT2D eigenvalue weighted by molar-refractivity contribution is -0.121. The second kappa shape index (κ2) is 8.48. The zero-order chi connectivity index (χ0) is 17.6. The van der Waals surface area contributed by atoms with Crippen LogP contribution < -0.4 is 16.0 Å². The van der Waals surface area contributed by atoms with Crippen molar-refractivity contribution in [2.24, 2.45) is 4.99 Å². The highest BCUT2D eigenvalue weighted by Gasteiger charge is 2.28. The Balaban J connectivity index is 1.65. The molecule has 0 saturated carbocycles. The van der Waals surface area contributed by atoms with Crippen molar-refractivity contribution in [2.45, 2.75) is 32.4 Å². The molecule has 0 bridgehead atoms. The molecule has 1 aromatic rings. The van der Waals surface area contributed by atoms with Gasteiger partial charge in [-0.05, 0) is 25.5 Å². The van der Waals surface area contributed by atoms with Gasteiger partial charge in [-0.25, -0.2) is 8.42 Å². The van der Waals surface area contributed by atoms with Gasteiger partial charge in [-0.2, -0.15) is 0 Å². The number of aliphatic imine (C=N–C) groups is 1. The van der Waals surface area contributed by atoms with Gasteiger partial charge in [-0.1, -0.05) is 0 Å². The predicted octanol–water partition coefficient (Wildman–Crippen LogP) is 0.415. The summed E-state index contributed by atoms with van der Waals surface area (Å²) in [6.07, 6.45) is 0.778. The van der Waals surface area contributed by atoms with E-state index in [2.05, 4.69) is 40.0 Å². The molecule has 1 fully saturated rings. The van der Waals surface area contributed by atoms with Crippen LogP contribution in [0.15, 0.2) is 17.1 Å². The van der Waals surface area contributed by atoms with Gasteiger partial charge in [0.05, 0.1) is 18.1 Å². The first-order chi connectivity index (χ1) is 11.4. The number of rotatable bonds is 6. The van der Waals surface area contributed by atoms with E-state index in [1.165, 1.54) is 9.75 Å². The molecule has 2 rings (SSSR count). The quantitative estimate of drug-likeness (QED) is 0.496. The Morgan fingerprint density at radius 3 is 2.75 bits per heavy atom. The van der Waals surface area contributed by atoms with Crippen molar-refractivity contribution in [2.75, 3.05) is 25.1 Å². The van der Waals surface area contributed by atoms with Gasteiger partial charge in [0.25, 0.3) is 0 Å². The van der Waals surface area contributed by atoms with Crippen LogP contribution >= 0.6 is 11.3 Å². The zero-order valence-corrected chi connectivity index (χ0v) is 15.6. The zero-order valence-electron chi connectivity index (χ0n) is 14.0. The van der Waals surface area contributed by atoms with Crippen LogP contribution in [0.5, 0.6) is 0 Å². The third-order valence-electron chi connectivity index (χ3n) is 3.69. The Hall–Kier alpha value is -1.61. The van der Waals surface area contributed by atoms with Gasteiger partial charge < -0.3 is 16.0 Å². The van der Waals surface area contributed by atoms with Crippen LogP contribution in [0.2, 0.25) is 0 Å². The van der Waals surface area contributed by atoms with Crippen molar-refractivity contribution in [1.29, 1.82) is 0 Å². The summed E-state index contributed by atoms with van der Waals surface area (Å²) in [5.74, 6) is 0.705. The molecule has 1 aliphatic heterocycles. The second-order valence-corrected chi connectivity index (χ2v) is 9.38. The average Bonchev–Trinajstić information content (AvgIpc) is 3.08. The Morgan fingerprint density at radius 2 is 2.17 bits per heavy atom. The minimum absolute atomic E-state index is 0.0512. The van der Waals surface area contributed by atoms with Crippen LogP contribution in [0, 0.1) is 6.92 Å². The summed E-state index contributed by atoms with van der Waals surface area (Å²) < 4.78 is 22.7. The molecule has 3 N–H and O–H groups in total. The Kier molecular flexibility index (Phi) is 6.61. The standard InChI is InChI=1S/C15H24N4O3S2/c1-11-3-4-13(23-11)9-18-15(16-2)17-7-5-14(20)19-12-6-8-24(21,22)10-12/h3-4,12H,5-10H2,1-2H3,(H,19,20)(H2,16,17,18). The van der Waals surface area contributed by atoms with Crippen LogP contribution in [-0.4, -0.2) is 51.4 Å². The number of nitrogens with one attached hydrogen (secondary N) is 3. The molecule has 2 heterocycles. The van der Waals surface area contributed by atoms with Crippen molar-refractivity contribution in [3.63, 3.8) is 0 Å². The minimum Gasteiger partial charge on any atom is -0.356 e. The summed E-state index contributed by atoms with van der Waals surface area (Å²) in [7, 11) is -1.29. The van der Waals surface area contributed by atoms with Crippen molar-refractivity contribution < 1.29 is 13.2 Å². The van der Waals surface area contributed by atoms with E-state index in [9.17, 15) is 13.2 Å². The minimum atomic E-state index is -2.97. The molecule has 1 saturated heterocycles. The predicted molar refractivity (Wildman–Crippen MR) is 97.1 cm³/mol. The second-order valence-electron chi connectivity index (χ2n) is 5.78. The molecule has 0 radical (unpaired) electrons. The number of carbonyl (C=O) groups excluding carboxylic acids is 1. The van der Waals surface area contributed by atoms with Crippen LogP contribution in [0.4, 0.5) is 0 Å². The van der Waals surface area contributed by atoms with E-state index in [4.69, 9.17) is 0 Å². The summed E-state index contributed by atoms with van der Waals surface area (Å²) in [4.78, 5) is 18.5. The number of hydrogen-bond donors (Lipinski definition) is 3. The largest absolute Gasteiger partial charge is 0.356 e. The Labute approximate surface area is 146 Å². The summed E-state index contributed by atoms with van der Waals surface area (Å²) in [5, 5.41) is 9.05. The first kappa shape index (κ1) is 18.7. The van der Waals surface area contributed by atoms with Gasteiger partial charge in [-0.3, -0.25) is 9.79 Å². The van der Waals surface area contributed by atoms with Crippen molar-refractivity contribution >= 4 is 33.0 Å².